The van der Waals surface area contributed by atoms with E-state index in [4.69, 9.17) is 4.74 Å². The van der Waals surface area contributed by atoms with Crippen LogP contribution in [0.5, 0.6) is 0 Å². The fourth-order valence-electron chi connectivity index (χ4n) is 3.66. The minimum atomic E-state index is -4.14. The Balaban J connectivity index is 1.62. The normalized spacial score (nSPS) is 11.6. The molecule has 0 bridgehead atoms. The van der Waals surface area contributed by atoms with E-state index in [9.17, 15) is 18.0 Å². The molecule has 4 aromatic rings. The van der Waals surface area contributed by atoms with Crippen LogP contribution in [0.3, 0.4) is 0 Å². The van der Waals surface area contributed by atoms with Crippen LogP contribution in [0.1, 0.15) is 35.6 Å². The summed E-state index contributed by atoms with van der Waals surface area (Å²) in [4.78, 5) is 24.5. The average Bonchev–Trinajstić information content (AvgIpc) is 3.36. The molecule has 1 heterocycles. The van der Waals surface area contributed by atoms with Crippen molar-refractivity contribution in [2.75, 3.05) is 11.9 Å². The molecule has 0 fully saturated rings. The minimum Gasteiger partial charge on any atom is -0.461 e. The number of benzene rings is 3. The third kappa shape index (κ3) is 6.34. The number of sulfonamides is 1. The molecule has 0 spiro atoms. The topological polar surface area (TPSA) is 119 Å². The molecule has 38 heavy (non-hydrogen) atoms. The zero-order chi connectivity index (χ0) is 27.1. The second-order valence-corrected chi connectivity index (χ2v) is 9.89. The molecule has 0 radical (unpaired) electrons. The quantitative estimate of drug-likeness (QED) is 0.305. The van der Waals surface area contributed by atoms with Gasteiger partial charge in [-0.05, 0) is 73.5 Å². The lowest BCUT2D eigenvalue weighted by molar-refractivity contribution is 0.0519. The maximum atomic E-state index is 12.8. The molecule has 3 aromatic carbocycles. The fraction of sp³-hybridized carbons (Fsp3) is 0.107. The molecule has 0 aliphatic heterocycles. The number of urea groups is 1. The van der Waals surface area contributed by atoms with E-state index in [-0.39, 0.29) is 17.2 Å². The van der Waals surface area contributed by atoms with Crippen LogP contribution in [0, 0.1) is 0 Å². The summed E-state index contributed by atoms with van der Waals surface area (Å²) in [7, 11) is -4.14. The number of hydrogen-bond acceptors (Lipinski definition) is 6. The SMILES string of the molecule is CCOC(=O)c1cc(/C(C)=C/c2ccccc2)n(-c2ccc(S(=O)(=O)NC(=O)Nc3ccccc3)cc2)n1. The highest BCUT2D eigenvalue weighted by molar-refractivity contribution is 7.90. The molecule has 2 amide bonds. The number of nitrogens with one attached hydrogen (secondary N) is 2. The third-order valence-corrected chi connectivity index (χ3v) is 6.78. The third-order valence-electron chi connectivity index (χ3n) is 5.43. The first-order valence-electron chi connectivity index (χ1n) is 11.8. The number of ether oxygens (including phenoxy) is 1. The van der Waals surface area contributed by atoms with Crippen molar-refractivity contribution in [3.05, 3.63) is 108 Å². The number of nitrogens with zero attached hydrogens (tertiary/aromatic N) is 2. The molecule has 9 nitrogen and oxygen atoms in total. The van der Waals surface area contributed by atoms with E-state index in [1.54, 1.807) is 60.1 Å². The van der Waals surface area contributed by atoms with Crippen molar-refractivity contribution in [3.8, 4) is 5.69 Å². The van der Waals surface area contributed by atoms with Crippen LogP contribution in [-0.4, -0.2) is 36.8 Å². The van der Waals surface area contributed by atoms with E-state index in [1.165, 1.54) is 12.1 Å². The molecule has 1 aromatic heterocycles. The number of allylic oxidation sites excluding steroid dienone is 1. The summed E-state index contributed by atoms with van der Waals surface area (Å²) in [5.41, 5.74) is 3.53. The van der Waals surface area contributed by atoms with Gasteiger partial charge in [0.1, 0.15) is 0 Å². The van der Waals surface area contributed by atoms with Crippen molar-refractivity contribution in [1.82, 2.24) is 14.5 Å². The van der Waals surface area contributed by atoms with Gasteiger partial charge in [-0.3, -0.25) is 0 Å². The number of amides is 2. The zero-order valence-electron chi connectivity index (χ0n) is 20.8. The Hall–Kier alpha value is -4.70. The van der Waals surface area contributed by atoms with Crippen LogP contribution in [0.15, 0.2) is 95.9 Å². The average molecular weight is 531 g/mol. The Bertz CT molecular complexity index is 1560. The van der Waals surface area contributed by atoms with Crippen molar-refractivity contribution in [2.24, 2.45) is 0 Å². The summed E-state index contributed by atoms with van der Waals surface area (Å²) in [6.45, 7) is 3.81. The number of hydrogen-bond donors (Lipinski definition) is 2. The number of para-hydroxylation sites is 1. The zero-order valence-corrected chi connectivity index (χ0v) is 21.6. The fourth-order valence-corrected chi connectivity index (χ4v) is 4.57. The smallest absolute Gasteiger partial charge is 0.358 e. The van der Waals surface area contributed by atoms with Gasteiger partial charge in [-0.1, -0.05) is 48.5 Å². The van der Waals surface area contributed by atoms with E-state index in [2.05, 4.69) is 10.4 Å². The van der Waals surface area contributed by atoms with Crippen molar-refractivity contribution in [2.45, 2.75) is 18.7 Å². The highest BCUT2D eigenvalue weighted by atomic mass is 32.2. The van der Waals surface area contributed by atoms with Crippen LogP contribution < -0.4 is 10.0 Å². The lowest BCUT2D eigenvalue weighted by Crippen LogP contribution is -2.34. The second kappa shape index (κ2) is 11.6. The summed E-state index contributed by atoms with van der Waals surface area (Å²) in [5, 5.41) is 6.90. The van der Waals surface area contributed by atoms with Gasteiger partial charge in [0.15, 0.2) is 5.69 Å². The van der Waals surface area contributed by atoms with Gasteiger partial charge < -0.3 is 10.1 Å². The van der Waals surface area contributed by atoms with Crippen LogP contribution in [0.2, 0.25) is 0 Å². The Labute approximate surface area is 220 Å². The van der Waals surface area contributed by atoms with Crippen LogP contribution in [0.4, 0.5) is 10.5 Å². The molecule has 0 aliphatic carbocycles. The first kappa shape index (κ1) is 26.4. The van der Waals surface area contributed by atoms with E-state index in [0.717, 1.165) is 11.1 Å². The highest BCUT2D eigenvalue weighted by Crippen LogP contribution is 2.24. The summed E-state index contributed by atoms with van der Waals surface area (Å²) in [6, 6.07) is 24.7. The second-order valence-electron chi connectivity index (χ2n) is 8.20. The standard InChI is InChI=1S/C28H26N4O5S/c1-3-37-27(33)25-19-26(20(2)18-21-10-6-4-7-11-21)32(30-25)23-14-16-24(17-15-23)38(35,36)31-28(34)29-22-12-8-5-9-13-22/h4-19H,3H2,1-2H3,(H2,29,31,34)/b20-18+. The molecule has 0 saturated carbocycles. The van der Waals surface area contributed by atoms with Gasteiger partial charge in [0.2, 0.25) is 0 Å². The van der Waals surface area contributed by atoms with Gasteiger partial charge in [-0.2, -0.15) is 5.10 Å². The Morgan fingerprint density at radius 1 is 0.947 bits per heavy atom. The molecule has 0 atom stereocenters. The first-order chi connectivity index (χ1) is 18.3. The van der Waals surface area contributed by atoms with Crippen molar-refractivity contribution >= 4 is 39.4 Å². The molecular weight excluding hydrogens is 504 g/mol. The van der Waals surface area contributed by atoms with Gasteiger partial charge >= 0.3 is 12.0 Å². The highest BCUT2D eigenvalue weighted by Gasteiger charge is 2.20. The van der Waals surface area contributed by atoms with Gasteiger partial charge in [0.05, 0.1) is 22.9 Å². The van der Waals surface area contributed by atoms with Crippen molar-refractivity contribution in [3.63, 3.8) is 0 Å². The Morgan fingerprint density at radius 2 is 1.58 bits per heavy atom. The lowest BCUT2D eigenvalue weighted by atomic mass is 10.1. The molecule has 10 heteroatoms. The van der Waals surface area contributed by atoms with E-state index in [1.807, 2.05) is 48.1 Å². The minimum absolute atomic E-state index is 0.111. The van der Waals surface area contributed by atoms with Crippen LogP contribution >= 0.6 is 0 Å². The van der Waals surface area contributed by atoms with E-state index < -0.39 is 22.0 Å². The first-order valence-corrected chi connectivity index (χ1v) is 13.3. The number of aromatic nitrogens is 2. The molecule has 4 rings (SSSR count). The van der Waals surface area contributed by atoms with Crippen LogP contribution in [-0.2, 0) is 14.8 Å². The Kier molecular flexibility index (Phi) is 8.03. The number of carbonyl (C=O) groups excluding carboxylic acids is 2. The number of carbonyl (C=O) groups is 2. The predicted molar refractivity (Wildman–Crippen MR) is 145 cm³/mol. The molecule has 194 valence electrons. The van der Waals surface area contributed by atoms with E-state index in [0.29, 0.717) is 17.1 Å². The predicted octanol–water partition coefficient (Wildman–Crippen LogP) is 5.12. The van der Waals surface area contributed by atoms with Gasteiger partial charge in [0, 0.05) is 5.69 Å². The number of rotatable bonds is 8. The molecule has 0 unspecified atom stereocenters. The van der Waals surface area contributed by atoms with Crippen molar-refractivity contribution in [1.29, 1.82) is 0 Å². The maximum Gasteiger partial charge on any atom is 0.358 e. The Morgan fingerprint density at radius 3 is 2.21 bits per heavy atom. The lowest BCUT2D eigenvalue weighted by Gasteiger charge is -2.11. The summed E-state index contributed by atoms with van der Waals surface area (Å²) >= 11 is 0. The molecule has 2 N–H and O–H groups in total. The largest absolute Gasteiger partial charge is 0.461 e. The molecule has 0 aliphatic rings. The molecule has 0 saturated heterocycles. The summed E-state index contributed by atoms with van der Waals surface area (Å²) in [5.74, 6) is -0.562. The van der Waals surface area contributed by atoms with Gasteiger partial charge in [-0.25, -0.2) is 27.4 Å². The number of anilines is 1. The van der Waals surface area contributed by atoms with Crippen LogP contribution in [0.25, 0.3) is 17.3 Å². The number of esters is 1. The van der Waals surface area contributed by atoms with Gasteiger partial charge in [-0.15, -0.1) is 0 Å². The van der Waals surface area contributed by atoms with E-state index >= 15 is 0 Å². The maximum absolute atomic E-state index is 12.8. The summed E-state index contributed by atoms with van der Waals surface area (Å²) in [6.07, 6.45) is 1.95. The monoisotopic (exact) mass is 530 g/mol. The molecular formula is C28H26N4O5S. The van der Waals surface area contributed by atoms with Gasteiger partial charge in [0.25, 0.3) is 10.0 Å². The summed E-state index contributed by atoms with van der Waals surface area (Å²) < 4.78 is 34.2. The van der Waals surface area contributed by atoms with Crippen molar-refractivity contribution < 1.29 is 22.7 Å².